The SMILES string of the molecule is CCC(=O)Nc1cccc(NC(=O)c2cnccn2)c1. The lowest BCUT2D eigenvalue weighted by Crippen LogP contribution is -2.14. The van der Waals surface area contributed by atoms with E-state index in [0.29, 0.717) is 17.8 Å². The smallest absolute Gasteiger partial charge is 0.275 e. The fraction of sp³-hybridized carbons (Fsp3) is 0.143. The van der Waals surface area contributed by atoms with Gasteiger partial charge in [0.25, 0.3) is 5.91 Å². The molecule has 2 aromatic rings. The highest BCUT2D eigenvalue weighted by atomic mass is 16.2. The first-order valence-electron chi connectivity index (χ1n) is 6.16. The van der Waals surface area contributed by atoms with Crippen molar-refractivity contribution in [3.8, 4) is 0 Å². The van der Waals surface area contributed by atoms with Gasteiger partial charge in [-0.15, -0.1) is 0 Å². The van der Waals surface area contributed by atoms with Crippen LogP contribution in [0.5, 0.6) is 0 Å². The van der Waals surface area contributed by atoms with E-state index >= 15 is 0 Å². The summed E-state index contributed by atoms with van der Waals surface area (Å²) in [7, 11) is 0. The average Bonchev–Trinajstić information content (AvgIpc) is 2.48. The molecular weight excluding hydrogens is 256 g/mol. The lowest BCUT2D eigenvalue weighted by Gasteiger charge is -2.07. The first kappa shape index (κ1) is 13.7. The number of nitrogens with zero attached hydrogens (tertiary/aromatic N) is 2. The van der Waals surface area contributed by atoms with E-state index in [9.17, 15) is 9.59 Å². The molecule has 0 bridgehead atoms. The van der Waals surface area contributed by atoms with Gasteiger partial charge in [0.15, 0.2) is 0 Å². The minimum absolute atomic E-state index is 0.0811. The Morgan fingerprint density at radius 3 is 2.55 bits per heavy atom. The Kier molecular flexibility index (Phi) is 4.39. The van der Waals surface area contributed by atoms with Gasteiger partial charge in [-0.05, 0) is 18.2 Å². The monoisotopic (exact) mass is 270 g/mol. The van der Waals surface area contributed by atoms with Gasteiger partial charge in [0.1, 0.15) is 5.69 Å². The number of aromatic nitrogens is 2. The summed E-state index contributed by atoms with van der Waals surface area (Å²) < 4.78 is 0. The van der Waals surface area contributed by atoms with Crippen molar-refractivity contribution in [1.29, 1.82) is 0 Å². The Morgan fingerprint density at radius 2 is 1.90 bits per heavy atom. The lowest BCUT2D eigenvalue weighted by molar-refractivity contribution is -0.115. The zero-order chi connectivity index (χ0) is 14.4. The molecule has 2 N–H and O–H groups in total. The standard InChI is InChI=1S/C14H14N4O2/c1-2-13(19)17-10-4-3-5-11(8-10)18-14(20)12-9-15-6-7-16-12/h3-9H,2H2,1H3,(H,17,19)(H,18,20). The molecule has 0 saturated carbocycles. The van der Waals surface area contributed by atoms with Gasteiger partial charge in [0.2, 0.25) is 5.91 Å². The van der Waals surface area contributed by atoms with Gasteiger partial charge >= 0.3 is 0 Å². The zero-order valence-electron chi connectivity index (χ0n) is 11.0. The maximum absolute atomic E-state index is 11.9. The molecule has 6 heteroatoms. The fourth-order valence-electron chi connectivity index (χ4n) is 1.54. The number of nitrogens with one attached hydrogen (secondary N) is 2. The molecule has 0 radical (unpaired) electrons. The summed E-state index contributed by atoms with van der Waals surface area (Å²) in [6.45, 7) is 1.77. The van der Waals surface area contributed by atoms with E-state index in [4.69, 9.17) is 0 Å². The van der Waals surface area contributed by atoms with E-state index in [1.807, 2.05) is 0 Å². The number of anilines is 2. The molecule has 2 rings (SSSR count). The Hall–Kier alpha value is -2.76. The van der Waals surface area contributed by atoms with E-state index in [1.165, 1.54) is 18.6 Å². The maximum atomic E-state index is 11.9. The zero-order valence-corrected chi connectivity index (χ0v) is 11.0. The summed E-state index contributed by atoms with van der Waals surface area (Å²) in [5, 5.41) is 5.42. The summed E-state index contributed by atoms with van der Waals surface area (Å²) in [6.07, 6.45) is 4.73. The molecule has 6 nitrogen and oxygen atoms in total. The summed E-state index contributed by atoms with van der Waals surface area (Å²) in [5.41, 5.74) is 1.44. The lowest BCUT2D eigenvalue weighted by atomic mass is 10.2. The predicted octanol–water partition coefficient (Wildman–Crippen LogP) is 2.08. The molecule has 1 aromatic heterocycles. The van der Waals surface area contributed by atoms with Gasteiger partial charge in [-0.2, -0.15) is 0 Å². The van der Waals surface area contributed by atoms with Crippen molar-refractivity contribution < 1.29 is 9.59 Å². The van der Waals surface area contributed by atoms with Crippen LogP contribution in [0.2, 0.25) is 0 Å². The largest absolute Gasteiger partial charge is 0.326 e. The van der Waals surface area contributed by atoms with Crippen LogP contribution in [0.3, 0.4) is 0 Å². The third-order valence-electron chi connectivity index (χ3n) is 2.52. The van der Waals surface area contributed by atoms with Crippen LogP contribution in [0, 0.1) is 0 Å². The van der Waals surface area contributed by atoms with E-state index in [2.05, 4.69) is 20.6 Å². The summed E-state index contributed by atoms with van der Waals surface area (Å²) in [5.74, 6) is -0.431. The van der Waals surface area contributed by atoms with Gasteiger partial charge < -0.3 is 10.6 Å². The van der Waals surface area contributed by atoms with Gasteiger partial charge in [-0.3, -0.25) is 14.6 Å². The molecule has 0 aliphatic carbocycles. The van der Waals surface area contributed by atoms with Crippen molar-refractivity contribution >= 4 is 23.2 Å². The van der Waals surface area contributed by atoms with Crippen molar-refractivity contribution in [1.82, 2.24) is 9.97 Å². The molecule has 0 atom stereocenters. The normalized spacial score (nSPS) is 9.85. The Labute approximate surface area is 116 Å². The highest BCUT2D eigenvalue weighted by molar-refractivity contribution is 6.03. The minimum Gasteiger partial charge on any atom is -0.326 e. The molecule has 0 saturated heterocycles. The van der Waals surface area contributed by atoms with Gasteiger partial charge in [0, 0.05) is 30.2 Å². The number of rotatable bonds is 4. The molecule has 0 unspecified atom stereocenters. The number of carbonyl (C=O) groups excluding carboxylic acids is 2. The first-order chi connectivity index (χ1) is 9.69. The van der Waals surface area contributed by atoms with E-state index in [1.54, 1.807) is 31.2 Å². The first-order valence-corrected chi connectivity index (χ1v) is 6.16. The predicted molar refractivity (Wildman–Crippen MR) is 75.3 cm³/mol. The second kappa shape index (κ2) is 6.42. The molecule has 1 aromatic carbocycles. The number of hydrogen-bond donors (Lipinski definition) is 2. The number of hydrogen-bond acceptors (Lipinski definition) is 4. The highest BCUT2D eigenvalue weighted by Gasteiger charge is 2.08. The number of amides is 2. The fourth-order valence-corrected chi connectivity index (χ4v) is 1.54. The summed E-state index contributed by atoms with van der Waals surface area (Å²) >= 11 is 0. The quantitative estimate of drug-likeness (QED) is 0.890. The molecule has 0 aliphatic heterocycles. The molecule has 0 fully saturated rings. The molecule has 0 aliphatic rings. The second-order valence-corrected chi connectivity index (χ2v) is 4.03. The number of carbonyl (C=O) groups is 2. The van der Waals surface area contributed by atoms with Crippen molar-refractivity contribution in [2.45, 2.75) is 13.3 Å². The third kappa shape index (κ3) is 3.61. The van der Waals surface area contributed by atoms with Crippen LogP contribution in [0.25, 0.3) is 0 Å². The Balaban J connectivity index is 2.08. The van der Waals surface area contributed by atoms with Gasteiger partial charge in [-0.1, -0.05) is 13.0 Å². The molecular formula is C14H14N4O2. The van der Waals surface area contributed by atoms with Crippen molar-refractivity contribution in [3.05, 3.63) is 48.5 Å². The van der Waals surface area contributed by atoms with Crippen LogP contribution >= 0.6 is 0 Å². The van der Waals surface area contributed by atoms with Crippen LogP contribution in [-0.4, -0.2) is 21.8 Å². The molecule has 102 valence electrons. The van der Waals surface area contributed by atoms with E-state index in [-0.39, 0.29) is 17.5 Å². The van der Waals surface area contributed by atoms with Crippen molar-refractivity contribution in [3.63, 3.8) is 0 Å². The third-order valence-corrected chi connectivity index (χ3v) is 2.52. The van der Waals surface area contributed by atoms with Crippen LogP contribution < -0.4 is 10.6 Å². The second-order valence-electron chi connectivity index (χ2n) is 4.03. The molecule has 2 amide bonds. The molecule has 20 heavy (non-hydrogen) atoms. The van der Waals surface area contributed by atoms with Crippen LogP contribution in [0.4, 0.5) is 11.4 Å². The van der Waals surface area contributed by atoms with Gasteiger partial charge in [-0.25, -0.2) is 4.98 Å². The summed E-state index contributed by atoms with van der Waals surface area (Å²) in [4.78, 5) is 31.0. The van der Waals surface area contributed by atoms with E-state index < -0.39 is 0 Å². The molecule has 0 spiro atoms. The minimum atomic E-state index is -0.350. The van der Waals surface area contributed by atoms with Crippen LogP contribution in [0.15, 0.2) is 42.9 Å². The topological polar surface area (TPSA) is 84.0 Å². The average molecular weight is 270 g/mol. The van der Waals surface area contributed by atoms with Crippen LogP contribution in [0.1, 0.15) is 23.8 Å². The Bertz CT molecular complexity index is 614. The van der Waals surface area contributed by atoms with Crippen molar-refractivity contribution in [2.24, 2.45) is 0 Å². The van der Waals surface area contributed by atoms with Gasteiger partial charge in [0.05, 0.1) is 6.20 Å². The highest BCUT2D eigenvalue weighted by Crippen LogP contribution is 2.15. The van der Waals surface area contributed by atoms with E-state index in [0.717, 1.165) is 0 Å². The molecule has 1 heterocycles. The summed E-state index contributed by atoms with van der Waals surface area (Å²) in [6, 6.07) is 6.92. The van der Waals surface area contributed by atoms with Crippen LogP contribution in [-0.2, 0) is 4.79 Å². The van der Waals surface area contributed by atoms with Crippen molar-refractivity contribution in [2.75, 3.05) is 10.6 Å². The number of benzene rings is 1. The maximum Gasteiger partial charge on any atom is 0.275 e. The Morgan fingerprint density at radius 1 is 1.15 bits per heavy atom.